The van der Waals surface area contributed by atoms with Gasteiger partial charge >= 0.3 is 0 Å². The largest absolute Gasteiger partial charge is 0.454 e. The highest BCUT2D eigenvalue weighted by Crippen LogP contribution is 2.74. The van der Waals surface area contributed by atoms with Crippen LogP contribution in [0.1, 0.15) is 22.3 Å². The average Bonchev–Trinajstić information content (AvgIpc) is 3.96. The third kappa shape index (κ3) is 3.53. The minimum Gasteiger partial charge on any atom is -0.454 e. The molecular formula is C41H26ClNO7. The molecule has 244 valence electrons. The molecule has 0 N–H and O–H groups in total. The minimum absolute atomic E-state index is 0.0668. The number of Topliss-reactive ketones (excluding diaryl/α,β-unsaturated/α-hetero) is 1. The van der Waals surface area contributed by atoms with Gasteiger partial charge in [-0.3, -0.25) is 14.4 Å². The van der Waals surface area contributed by atoms with Crippen molar-refractivity contribution in [1.29, 1.82) is 0 Å². The highest BCUT2D eigenvalue weighted by Gasteiger charge is 2.82. The highest BCUT2D eigenvalue weighted by atomic mass is 35.5. The summed E-state index contributed by atoms with van der Waals surface area (Å²) in [6.45, 7) is 0.134. The third-order valence-electron chi connectivity index (χ3n) is 10.9. The Labute approximate surface area is 291 Å². The number of fused-ring (bicyclic) bond motifs is 7. The summed E-state index contributed by atoms with van der Waals surface area (Å²) in [4.78, 5) is 47.7. The predicted molar refractivity (Wildman–Crippen MR) is 184 cm³/mol. The van der Waals surface area contributed by atoms with Crippen LogP contribution in [0.15, 0.2) is 121 Å². The first-order chi connectivity index (χ1) is 24.5. The molecule has 0 spiro atoms. The molecule has 3 aliphatic heterocycles. The van der Waals surface area contributed by atoms with Crippen molar-refractivity contribution in [2.45, 2.75) is 10.8 Å². The molecule has 1 saturated carbocycles. The summed E-state index contributed by atoms with van der Waals surface area (Å²) in [6.07, 6.45) is 0. The van der Waals surface area contributed by atoms with Crippen LogP contribution in [0, 0.1) is 11.8 Å². The number of hydrogen-bond donors (Lipinski definition) is 0. The molecule has 5 aliphatic rings. The van der Waals surface area contributed by atoms with Gasteiger partial charge < -0.3 is 18.9 Å². The second-order valence-electron chi connectivity index (χ2n) is 13.0. The van der Waals surface area contributed by atoms with Crippen LogP contribution in [-0.4, -0.2) is 31.2 Å². The van der Waals surface area contributed by atoms with E-state index < -0.39 is 34.5 Å². The van der Waals surface area contributed by atoms with Crippen LogP contribution >= 0.6 is 11.6 Å². The molecule has 0 unspecified atom stereocenters. The maximum absolute atomic E-state index is 16.1. The van der Waals surface area contributed by atoms with Crippen molar-refractivity contribution in [3.8, 4) is 23.0 Å². The molecule has 8 nitrogen and oxygen atoms in total. The van der Waals surface area contributed by atoms with Crippen LogP contribution in [0.25, 0.3) is 11.1 Å². The molecule has 5 aromatic rings. The van der Waals surface area contributed by atoms with Crippen molar-refractivity contribution < 1.29 is 33.3 Å². The number of rotatable bonds is 5. The van der Waals surface area contributed by atoms with Crippen molar-refractivity contribution in [3.05, 3.63) is 149 Å². The van der Waals surface area contributed by atoms with E-state index in [4.69, 9.17) is 30.5 Å². The number of carbonyl (C=O) groups is 3. The van der Waals surface area contributed by atoms with Gasteiger partial charge in [-0.05, 0) is 81.9 Å². The first-order valence-corrected chi connectivity index (χ1v) is 16.7. The van der Waals surface area contributed by atoms with E-state index in [0.29, 0.717) is 67.1 Å². The summed E-state index contributed by atoms with van der Waals surface area (Å²) in [5, 5.41) is 0.474. The van der Waals surface area contributed by atoms with Gasteiger partial charge in [-0.1, -0.05) is 84.4 Å². The van der Waals surface area contributed by atoms with E-state index in [1.54, 1.807) is 24.3 Å². The van der Waals surface area contributed by atoms with Gasteiger partial charge in [-0.15, -0.1) is 0 Å². The van der Waals surface area contributed by atoms with Crippen LogP contribution in [0.4, 0.5) is 5.69 Å². The van der Waals surface area contributed by atoms with Gasteiger partial charge in [0, 0.05) is 5.02 Å². The summed E-state index contributed by atoms with van der Waals surface area (Å²) >= 11 is 6.24. The van der Waals surface area contributed by atoms with Crippen LogP contribution in [0.5, 0.6) is 23.0 Å². The number of anilines is 1. The van der Waals surface area contributed by atoms with Gasteiger partial charge in [-0.25, -0.2) is 4.90 Å². The summed E-state index contributed by atoms with van der Waals surface area (Å²) in [5.41, 5.74) is 1.13. The maximum atomic E-state index is 16.1. The lowest BCUT2D eigenvalue weighted by Crippen LogP contribution is -2.45. The number of ether oxygens (including phenoxy) is 4. The maximum Gasteiger partial charge on any atom is 0.239 e. The number of halogens is 1. The van der Waals surface area contributed by atoms with Gasteiger partial charge in [0.1, 0.15) is 0 Å². The highest BCUT2D eigenvalue weighted by molar-refractivity contribution is 6.39. The molecular weight excluding hydrogens is 654 g/mol. The van der Waals surface area contributed by atoms with E-state index in [2.05, 4.69) is 0 Å². The number of carbonyl (C=O) groups excluding carboxylic acids is 3. The van der Waals surface area contributed by atoms with Crippen LogP contribution < -0.4 is 23.8 Å². The van der Waals surface area contributed by atoms with E-state index >= 15 is 14.4 Å². The Balaban J connectivity index is 1.37. The molecule has 4 atom stereocenters. The molecule has 1 saturated heterocycles. The number of allylic oxidation sites excluding steroid dienone is 2. The molecule has 2 amide bonds. The monoisotopic (exact) mass is 679 g/mol. The summed E-state index contributed by atoms with van der Waals surface area (Å²) in [6, 6.07) is 36.6. The zero-order valence-electron chi connectivity index (χ0n) is 26.3. The summed E-state index contributed by atoms with van der Waals surface area (Å²) in [5.74, 6) is -1.03. The Morgan fingerprint density at radius 3 is 1.44 bits per heavy atom. The van der Waals surface area contributed by atoms with Crippen molar-refractivity contribution in [2.75, 3.05) is 18.5 Å². The first kappa shape index (κ1) is 29.1. The fourth-order valence-corrected chi connectivity index (χ4v) is 9.20. The Morgan fingerprint density at radius 2 is 0.980 bits per heavy atom. The van der Waals surface area contributed by atoms with Crippen LogP contribution in [0.2, 0.25) is 5.02 Å². The van der Waals surface area contributed by atoms with E-state index in [1.807, 2.05) is 97.1 Å². The quantitative estimate of drug-likeness (QED) is 0.185. The lowest BCUT2D eigenvalue weighted by molar-refractivity contribution is -0.130. The summed E-state index contributed by atoms with van der Waals surface area (Å²) in [7, 11) is 0. The van der Waals surface area contributed by atoms with Gasteiger partial charge in [0.15, 0.2) is 28.8 Å². The smallest absolute Gasteiger partial charge is 0.239 e. The van der Waals surface area contributed by atoms with Crippen molar-refractivity contribution in [3.63, 3.8) is 0 Å². The van der Waals surface area contributed by atoms with E-state index in [0.717, 1.165) is 0 Å². The van der Waals surface area contributed by atoms with Crippen LogP contribution in [-0.2, 0) is 25.2 Å². The topological polar surface area (TPSA) is 91.4 Å². The summed E-state index contributed by atoms with van der Waals surface area (Å²) < 4.78 is 23.1. The lowest BCUT2D eigenvalue weighted by atomic mass is 9.59. The second kappa shape index (κ2) is 10.3. The number of benzene rings is 5. The van der Waals surface area contributed by atoms with E-state index in [-0.39, 0.29) is 19.4 Å². The molecule has 2 bridgehead atoms. The molecule has 0 aromatic heterocycles. The number of amides is 2. The predicted octanol–water partition coefficient (Wildman–Crippen LogP) is 6.99. The Kier molecular flexibility index (Phi) is 6.01. The fourth-order valence-electron chi connectivity index (χ4n) is 9.07. The normalized spacial score (nSPS) is 25.5. The number of ketones is 1. The average molecular weight is 680 g/mol. The van der Waals surface area contributed by atoms with Crippen molar-refractivity contribution in [1.82, 2.24) is 0 Å². The fraction of sp³-hybridized carbons (Fsp3) is 0.146. The second-order valence-corrected chi connectivity index (χ2v) is 13.4. The Bertz CT molecular complexity index is 2180. The lowest BCUT2D eigenvalue weighted by Gasteiger charge is -2.39. The third-order valence-corrected chi connectivity index (χ3v) is 11.1. The van der Waals surface area contributed by atoms with Crippen molar-refractivity contribution in [2.24, 2.45) is 11.8 Å². The molecule has 0 radical (unpaired) electrons. The Morgan fingerprint density at radius 1 is 0.540 bits per heavy atom. The Hall–Kier alpha value is -5.86. The van der Waals surface area contributed by atoms with Gasteiger partial charge in [-0.2, -0.15) is 0 Å². The van der Waals surface area contributed by atoms with Gasteiger partial charge in [0.05, 0.1) is 28.4 Å². The minimum atomic E-state index is -1.57. The molecule has 5 aromatic carbocycles. The standard InChI is InChI=1S/C41H26ClNO7/c42-27-13-15-28(16-14-27)43-37(44)35-36(38(43)45)41(26-9-5-2-6-10-26)34(24-12-18-30-32(20-24)50-22-48-30)33(23-11-17-29-31(19-23)49-21-47-29)40(35,39(41)46)25-7-3-1-4-8-25/h1-20,35-36H,21-22H2/t35-,36+,40-,41-/m0/s1. The zero-order chi connectivity index (χ0) is 33.8. The zero-order valence-corrected chi connectivity index (χ0v) is 27.1. The molecule has 2 aliphatic carbocycles. The van der Waals surface area contributed by atoms with E-state index in [1.165, 1.54) is 4.90 Å². The van der Waals surface area contributed by atoms with E-state index in [9.17, 15) is 0 Å². The van der Waals surface area contributed by atoms with Crippen molar-refractivity contribution >= 4 is 46.0 Å². The molecule has 2 fully saturated rings. The first-order valence-electron chi connectivity index (χ1n) is 16.3. The number of hydrogen-bond acceptors (Lipinski definition) is 7. The number of imide groups is 1. The van der Waals surface area contributed by atoms with Crippen LogP contribution in [0.3, 0.4) is 0 Å². The molecule has 3 heterocycles. The molecule has 10 rings (SSSR count). The molecule has 50 heavy (non-hydrogen) atoms. The molecule has 9 heteroatoms. The van der Waals surface area contributed by atoms with Gasteiger partial charge in [0.2, 0.25) is 25.4 Å². The SMILES string of the molecule is O=C1[C@@H]2[C@H](C(=O)N1c1ccc(Cl)cc1)[C@@]1(c3ccccc3)C(=O)[C@@]2(c2ccccc2)C(c2ccc3c(c2)OCO3)=C1c1ccc2c(c1)OCO2. The van der Waals surface area contributed by atoms with Gasteiger partial charge in [0.25, 0.3) is 0 Å². The number of nitrogens with zero attached hydrogens (tertiary/aromatic N) is 1.